The Labute approximate surface area is 88.8 Å². The zero-order chi connectivity index (χ0) is 10.6. The average Bonchev–Trinajstić information content (AvgIpc) is 2.22. The molecule has 0 aromatic heterocycles. The number of hydrogen-bond acceptors (Lipinski definition) is 3. The van der Waals surface area contributed by atoms with Crippen molar-refractivity contribution in [3.05, 3.63) is 28.8 Å². The Morgan fingerprint density at radius 3 is 2.64 bits per heavy atom. The van der Waals surface area contributed by atoms with Crippen LogP contribution in [-0.2, 0) is 4.74 Å². The van der Waals surface area contributed by atoms with Gasteiger partial charge in [-0.1, -0.05) is 17.7 Å². The van der Waals surface area contributed by atoms with E-state index in [-0.39, 0.29) is 6.10 Å². The second-order valence-electron chi connectivity index (χ2n) is 2.85. The first-order valence-corrected chi connectivity index (χ1v) is 4.67. The van der Waals surface area contributed by atoms with E-state index in [2.05, 4.69) is 0 Å². The highest BCUT2D eigenvalue weighted by Crippen LogP contribution is 2.28. The molecule has 2 N–H and O–H groups in total. The zero-order valence-electron chi connectivity index (χ0n) is 8.29. The van der Waals surface area contributed by atoms with Gasteiger partial charge in [0.25, 0.3) is 0 Å². The maximum atomic E-state index is 5.89. The van der Waals surface area contributed by atoms with Crippen molar-refractivity contribution < 1.29 is 9.47 Å². The van der Waals surface area contributed by atoms with E-state index in [0.717, 1.165) is 5.56 Å². The number of benzene rings is 1. The Hall–Kier alpha value is -0.770. The molecule has 14 heavy (non-hydrogen) atoms. The molecule has 0 amide bonds. The van der Waals surface area contributed by atoms with Crippen molar-refractivity contribution in [1.82, 2.24) is 0 Å². The fourth-order valence-electron chi connectivity index (χ4n) is 1.25. The van der Waals surface area contributed by atoms with Gasteiger partial charge in [-0.05, 0) is 17.7 Å². The van der Waals surface area contributed by atoms with Crippen molar-refractivity contribution in [2.45, 2.75) is 6.10 Å². The highest BCUT2D eigenvalue weighted by atomic mass is 35.5. The van der Waals surface area contributed by atoms with Crippen molar-refractivity contribution in [2.75, 3.05) is 20.8 Å². The van der Waals surface area contributed by atoms with Crippen LogP contribution in [0.3, 0.4) is 0 Å². The molecule has 0 radical (unpaired) electrons. The van der Waals surface area contributed by atoms with Gasteiger partial charge in [0.15, 0.2) is 0 Å². The highest BCUT2D eigenvalue weighted by Gasteiger charge is 2.10. The summed E-state index contributed by atoms with van der Waals surface area (Å²) in [6.45, 7) is 0.432. The standard InChI is InChI=1S/C10H14ClNO2/c1-13-9-5-7(3-4-8(9)11)10(6-12)14-2/h3-5,10H,6,12H2,1-2H3. The minimum Gasteiger partial charge on any atom is -0.495 e. The lowest BCUT2D eigenvalue weighted by molar-refractivity contribution is 0.110. The Kier molecular flexibility index (Phi) is 4.20. The molecule has 1 unspecified atom stereocenters. The molecular weight excluding hydrogens is 202 g/mol. The zero-order valence-corrected chi connectivity index (χ0v) is 9.04. The quantitative estimate of drug-likeness (QED) is 0.836. The number of halogens is 1. The summed E-state index contributed by atoms with van der Waals surface area (Å²) in [6, 6.07) is 5.49. The lowest BCUT2D eigenvalue weighted by atomic mass is 10.1. The molecule has 0 bridgehead atoms. The number of rotatable bonds is 4. The van der Waals surface area contributed by atoms with E-state index in [1.54, 1.807) is 20.3 Å². The molecule has 1 aromatic rings. The number of hydrogen-bond donors (Lipinski definition) is 1. The Morgan fingerprint density at radius 1 is 1.43 bits per heavy atom. The van der Waals surface area contributed by atoms with Gasteiger partial charge >= 0.3 is 0 Å². The summed E-state index contributed by atoms with van der Waals surface area (Å²) in [5.74, 6) is 0.639. The molecule has 0 heterocycles. The molecule has 0 spiro atoms. The van der Waals surface area contributed by atoms with Crippen LogP contribution in [-0.4, -0.2) is 20.8 Å². The van der Waals surface area contributed by atoms with Crippen LogP contribution in [0, 0.1) is 0 Å². The molecule has 1 aromatic carbocycles. The van der Waals surface area contributed by atoms with Crippen LogP contribution < -0.4 is 10.5 Å². The molecule has 0 saturated carbocycles. The third-order valence-electron chi connectivity index (χ3n) is 2.05. The van der Waals surface area contributed by atoms with E-state index in [4.69, 9.17) is 26.8 Å². The van der Waals surface area contributed by atoms with Crippen LogP contribution in [0.4, 0.5) is 0 Å². The summed E-state index contributed by atoms with van der Waals surface area (Å²) in [5.41, 5.74) is 6.51. The van der Waals surface area contributed by atoms with Gasteiger partial charge in [0.2, 0.25) is 0 Å². The average molecular weight is 216 g/mol. The maximum absolute atomic E-state index is 5.89. The van der Waals surface area contributed by atoms with Crippen LogP contribution >= 0.6 is 11.6 Å². The normalized spacial score (nSPS) is 12.6. The predicted molar refractivity (Wildman–Crippen MR) is 56.8 cm³/mol. The number of ether oxygens (including phenoxy) is 2. The van der Waals surface area contributed by atoms with E-state index < -0.39 is 0 Å². The molecule has 0 aliphatic rings. The van der Waals surface area contributed by atoms with Gasteiger partial charge in [-0.15, -0.1) is 0 Å². The van der Waals surface area contributed by atoms with E-state index in [1.165, 1.54) is 0 Å². The second-order valence-corrected chi connectivity index (χ2v) is 3.26. The fraction of sp³-hybridized carbons (Fsp3) is 0.400. The minimum absolute atomic E-state index is 0.110. The third kappa shape index (κ3) is 2.38. The molecule has 0 fully saturated rings. The monoisotopic (exact) mass is 215 g/mol. The van der Waals surface area contributed by atoms with Gasteiger partial charge in [0.05, 0.1) is 18.2 Å². The topological polar surface area (TPSA) is 44.5 Å². The Bertz CT molecular complexity index is 300. The SMILES string of the molecule is COc1cc(C(CN)OC)ccc1Cl. The van der Waals surface area contributed by atoms with Crippen molar-refractivity contribution in [2.24, 2.45) is 5.73 Å². The lowest BCUT2D eigenvalue weighted by Crippen LogP contribution is -2.14. The third-order valence-corrected chi connectivity index (χ3v) is 2.36. The molecular formula is C10H14ClNO2. The van der Waals surface area contributed by atoms with E-state index in [0.29, 0.717) is 17.3 Å². The predicted octanol–water partition coefficient (Wildman–Crippen LogP) is 1.99. The number of nitrogens with two attached hydrogens (primary N) is 1. The first-order valence-electron chi connectivity index (χ1n) is 4.29. The van der Waals surface area contributed by atoms with E-state index in [1.807, 2.05) is 12.1 Å². The smallest absolute Gasteiger partial charge is 0.137 e. The van der Waals surface area contributed by atoms with Crippen molar-refractivity contribution in [3.8, 4) is 5.75 Å². The summed E-state index contributed by atoms with van der Waals surface area (Å²) in [6.07, 6.45) is -0.110. The summed E-state index contributed by atoms with van der Waals surface area (Å²) >= 11 is 5.89. The molecule has 3 nitrogen and oxygen atoms in total. The van der Waals surface area contributed by atoms with Gasteiger partial charge in [0.1, 0.15) is 5.75 Å². The van der Waals surface area contributed by atoms with Crippen molar-refractivity contribution >= 4 is 11.6 Å². The van der Waals surface area contributed by atoms with Gasteiger partial charge in [-0.3, -0.25) is 0 Å². The summed E-state index contributed by atoms with van der Waals surface area (Å²) in [4.78, 5) is 0. The van der Waals surface area contributed by atoms with Crippen LogP contribution in [0.5, 0.6) is 5.75 Å². The van der Waals surface area contributed by atoms with E-state index in [9.17, 15) is 0 Å². The minimum atomic E-state index is -0.110. The summed E-state index contributed by atoms with van der Waals surface area (Å²) < 4.78 is 10.3. The molecule has 0 aliphatic carbocycles. The molecule has 78 valence electrons. The van der Waals surface area contributed by atoms with Crippen molar-refractivity contribution in [3.63, 3.8) is 0 Å². The molecule has 4 heteroatoms. The van der Waals surface area contributed by atoms with Crippen LogP contribution in [0.2, 0.25) is 5.02 Å². The molecule has 1 rings (SSSR count). The maximum Gasteiger partial charge on any atom is 0.137 e. The first kappa shape index (κ1) is 11.3. The molecule has 1 atom stereocenters. The van der Waals surface area contributed by atoms with Gasteiger partial charge in [-0.2, -0.15) is 0 Å². The van der Waals surface area contributed by atoms with Gasteiger partial charge in [-0.25, -0.2) is 0 Å². The molecule has 0 saturated heterocycles. The van der Waals surface area contributed by atoms with Crippen LogP contribution in [0.1, 0.15) is 11.7 Å². The van der Waals surface area contributed by atoms with Crippen molar-refractivity contribution in [1.29, 1.82) is 0 Å². The highest BCUT2D eigenvalue weighted by molar-refractivity contribution is 6.32. The largest absolute Gasteiger partial charge is 0.495 e. The summed E-state index contributed by atoms with van der Waals surface area (Å²) in [5, 5.41) is 0.586. The van der Waals surface area contributed by atoms with Crippen LogP contribution in [0.15, 0.2) is 18.2 Å². The Balaban J connectivity index is 2.98. The van der Waals surface area contributed by atoms with E-state index >= 15 is 0 Å². The Morgan fingerprint density at radius 2 is 2.14 bits per heavy atom. The lowest BCUT2D eigenvalue weighted by Gasteiger charge is -2.14. The van der Waals surface area contributed by atoms with Crippen LogP contribution in [0.25, 0.3) is 0 Å². The molecule has 0 aliphatic heterocycles. The number of methoxy groups -OCH3 is 2. The summed E-state index contributed by atoms with van der Waals surface area (Å²) in [7, 11) is 3.20. The second kappa shape index (κ2) is 5.20. The van der Waals surface area contributed by atoms with Gasteiger partial charge < -0.3 is 15.2 Å². The first-order chi connectivity index (χ1) is 6.72. The fourth-order valence-corrected chi connectivity index (χ4v) is 1.44. The van der Waals surface area contributed by atoms with Gasteiger partial charge in [0, 0.05) is 13.7 Å².